The van der Waals surface area contributed by atoms with Gasteiger partial charge in [-0.2, -0.15) is 0 Å². The summed E-state index contributed by atoms with van der Waals surface area (Å²) in [5.74, 6) is 2.16. The van der Waals surface area contributed by atoms with Gasteiger partial charge in [-0.1, -0.05) is 61.5 Å². The van der Waals surface area contributed by atoms with Crippen LogP contribution in [0.2, 0.25) is 0 Å². The van der Waals surface area contributed by atoms with Gasteiger partial charge in [-0.15, -0.1) is 10.2 Å². The lowest BCUT2D eigenvalue weighted by Crippen LogP contribution is -2.33. The Hall–Kier alpha value is -4.19. The maximum atomic E-state index is 12.4. The van der Waals surface area contributed by atoms with E-state index in [-0.39, 0.29) is 12.5 Å². The number of nitrogens with one attached hydrogen (secondary N) is 1. The highest BCUT2D eigenvalue weighted by Gasteiger charge is 2.17. The number of carbonyl (C=O) groups is 1. The van der Waals surface area contributed by atoms with Gasteiger partial charge >= 0.3 is 0 Å². The lowest BCUT2D eigenvalue weighted by Gasteiger charge is -2.30. The minimum Gasteiger partial charge on any atom is -0.484 e. The number of piperidine rings is 1. The summed E-state index contributed by atoms with van der Waals surface area (Å²) >= 11 is 0. The van der Waals surface area contributed by atoms with Gasteiger partial charge in [-0.3, -0.25) is 4.79 Å². The highest BCUT2D eigenvalue weighted by molar-refractivity contribution is 5.92. The third-order valence-electron chi connectivity index (χ3n) is 6.55. The van der Waals surface area contributed by atoms with Crippen LogP contribution < -0.4 is 15.0 Å². The first-order valence-electron chi connectivity index (χ1n) is 12.4. The molecule has 0 unspecified atom stereocenters. The molecule has 0 bridgehead atoms. The van der Waals surface area contributed by atoms with E-state index in [1.807, 2.05) is 78.9 Å². The highest BCUT2D eigenvalue weighted by Crippen LogP contribution is 2.24. The van der Waals surface area contributed by atoms with Crippen molar-refractivity contribution in [2.24, 2.45) is 5.92 Å². The van der Waals surface area contributed by atoms with Crippen LogP contribution in [0.5, 0.6) is 5.75 Å². The molecule has 4 aromatic rings. The van der Waals surface area contributed by atoms with E-state index >= 15 is 0 Å². The van der Waals surface area contributed by atoms with Crippen LogP contribution >= 0.6 is 0 Å². The fourth-order valence-corrected chi connectivity index (χ4v) is 4.33. The first kappa shape index (κ1) is 23.5. The van der Waals surface area contributed by atoms with Crippen molar-refractivity contribution in [2.45, 2.75) is 19.8 Å². The third-order valence-corrected chi connectivity index (χ3v) is 6.55. The molecule has 0 radical (unpaired) electrons. The fourth-order valence-electron chi connectivity index (χ4n) is 4.33. The molecule has 6 nitrogen and oxygen atoms in total. The zero-order valence-electron chi connectivity index (χ0n) is 20.4. The summed E-state index contributed by atoms with van der Waals surface area (Å²) in [5.41, 5.74) is 4.72. The molecule has 0 aliphatic carbocycles. The summed E-state index contributed by atoms with van der Waals surface area (Å²) in [6.07, 6.45) is 2.39. The van der Waals surface area contributed by atoms with Crippen LogP contribution in [0, 0.1) is 5.92 Å². The average molecular weight is 479 g/mol. The van der Waals surface area contributed by atoms with Gasteiger partial charge in [0.2, 0.25) is 0 Å². The van der Waals surface area contributed by atoms with E-state index < -0.39 is 0 Å². The number of rotatable bonds is 7. The summed E-state index contributed by atoms with van der Waals surface area (Å²) in [4.78, 5) is 14.7. The molecule has 1 N–H and O–H groups in total. The van der Waals surface area contributed by atoms with Gasteiger partial charge < -0.3 is 15.0 Å². The SMILES string of the molecule is CC1CCN(c2ccc(-c3ccc(NC(=O)COc4ccc(-c5ccccc5)cc4)cc3)nn2)CC1. The summed E-state index contributed by atoms with van der Waals surface area (Å²) in [7, 11) is 0. The van der Waals surface area contributed by atoms with Gasteiger partial charge in [-0.25, -0.2) is 0 Å². The predicted octanol–water partition coefficient (Wildman–Crippen LogP) is 6.06. The summed E-state index contributed by atoms with van der Waals surface area (Å²) in [6, 6.07) is 29.5. The number of amides is 1. The minimum absolute atomic E-state index is 0.0609. The van der Waals surface area contributed by atoms with Gasteiger partial charge in [0, 0.05) is 24.3 Å². The summed E-state index contributed by atoms with van der Waals surface area (Å²) in [5, 5.41) is 11.7. The van der Waals surface area contributed by atoms with Crippen LogP contribution in [0.4, 0.5) is 11.5 Å². The number of hydrogen-bond donors (Lipinski definition) is 1. The standard InChI is InChI=1S/C30H30N4O2/c1-22-17-19-34(20-18-22)29-16-15-28(32-33-29)25-7-11-26(12-8-25)31-30(35)21-36-27-13-9-24(10-14-27)23-5-3-2-4-6-23/h2-16,22H,17-21H2,1H3,(H,31,35). The minimum atomic E-state index is -0.213. The van der Waals surface area contributed by atoms with E-state index in [2.05, 4.69) is 39.5 Å². The van der Waals surface area contributed by atoms with E-state index in [4.69, 9.17) is 4.74 Å². The number of nitrogens with zero attached hydrogens (tertiary/aromatic N) is 3. The first-order chi connectivity index (χ1) is 17.6. The van der Waals surface area contributed by atoms with Crippen LogP contribution in [0.25, 0.3) is 22.4 Å². The molecule has 1 aromatic heterocycles. The molecule has 36 heavy (non-hydrogen) atoms. The number of ether oxygens (including phenoxy) is 1. The summed E-state index contributed by atoms with van der Waals surface area (Å²) in [6.45, 7) is 4.31. The normalized spacial score (nSPS) is 13.9. The molecule has 3 aromatic carbocycles. The number of carbonyl (C=O) groups excluding carboxylic acids is 1. The number of benzene rings is 3. The van der Waals surface area contributed by atoms with E-state index in [0.717, 1.165) is 47.2 Å². The zero-order chi connectivity index (χ0) is 24.7. The monoisotopic (exact) mass is 478 g/mol. The summed E-state index contributed by atoms with van der Waals surface area (Å²) < 4.78 is 5.66. The Bertz CT molecular complexity index is 1270. The van der Waals surface area contributed by atoms with E-state index in [1.54, 1.807) is 0 Å². The second-order valence-corrected chi connectivity index (χ2v) is 9.25. The zero-order valence-corrected chi connectivity index (χ0v) is 20.4. The Kier molecular flexibility index (Phi) is 7.22. The average Bonchev–Trinajstić information content (AvgIpc) is 2.94. The maximum Gasteiger partial charge on any atom is 0.262 e. The molecule has 1 fully saturated rings. The molecule has 1 aliphatic rings. The van der Waals surface area contributed by atoms with Gasteiger partial charge in [-0.05, 0) is 66.3 Å². The van der Waals surface area contributed by atoms with Crippen molar-refractivity contribution in [1.82, 2.24) is 10.2 Å². The van der Waals surface area contributed by atoms with Crippen LogP contribution in [0.3, 0.4) is 0 Å². The quantitative estimate of drug-likeness (QED) is 0.349. The molecule has 182 valence electrons. The second kappa shape index (κ2) is 11.0. The van der Waals surface area contributed by atoms with Gasteiger partial charge in [0.05, 0.1) is 5.69 Å². The number of hydrogen-bond acceptors (Lipinski definition) is 5. The highest BCUT2D eigenvalue weighted by atomic mass is 16.5. The Balaban J connectivity index is 1.12. The van der Waals surface area contributed by atoms with Crippen molar-refractivity contribution in [2.75, 3.05) is 29.9 Å². The Labute approximate surface area is 212 Å². The fraction of sp³-hybridized carbons (Fsp3) is 0.233. The van der Waals surface area contributed by atoms with Gasteiger partial charge in [0.15, 0.2) is 12.4 Å². The Morgan fingerprint density at radius 2 is 1.50 bits per heavy atom. The second-order valence-electron chi connectivity index (χ2n) is 9.25. The molecule has 2 heterocycles. The Morgan fingerprint density at radius 3 is 2.17 bits per heavy atom. The molecule has 1 saturated heterocycles. The van der Waals surface area contributed by atoms with Crippen LogP contribution in [0.1, 0.15) is 19.8 Å². The molecule has 5 rings (SSSR count). The molecule has 1 aliphatic heterocycles. The molecule has 6 heteroatoms. The van der Waals surface area contributed by atoms with Crippen molar-refractivity contribution < 1.29 is 9.53 Å². The number of aromatic nitrogens is 2. The van der Waals surface area contributed by atoms with Crippen LogP contribution in [0.15, 0.2) is 91.0 Å². The van der Waals surface area contributed by atoms with Crippen molar-refractivity contribution in [3.8, 4) is 28.1 Å². The topological polar surface area (TPSA) is 67.4 Å². The third kappa shape index (κ3) is 5.89. The van der Waals surface area contributed by atoms with Gasteiger partial charge in [0.25, 0.3) is 5.91 Å². The molecule has 0 saturated carbocycles. The molecule has 0 atom stereocenters. The van der Waals surface area contributed by atoms with E-state index in [9.17, 15) is 4.79 Å². The van der Waals surface area contributed by atoms with Crippen molar-refractivity contribution in [3.05, 3.63) is 91.0 Å². The predicted molar refractivity (Wildman–Crippen MR) is 144 cm³/mol. The van der Waals surface area contributed by atoms with Gasteiger partial charge in [0.1, 0.15) is 5.75 Å². The van der Waals surface area contributed by atoms with E-state index in [1.165, 1.54) is 12.8 Å². The molecule has 1 amide bonds. The van der Waals surface area contributed by atoms with Crippen LogP contribution in [-0.2, 0) is 4.79 Å². The lowest BCUT2D eigenvalue weighted by molar-refractivity contribution is -0.118. The molecule has 0 spiro atoms. The molecular weight excluding hydrogens is 448 g/mol. The van der Waals surface area contributed by atoms with E-state index in [0.29, 0.717) is 11.4 Å². The first-order valence-corrected chi connectivity index (χ1v) is 12.4. The van der Waals surface area contributed by atoms with Crippen LogP contribution in [-0.4, -0.2) is 35.8 Å². The van der Waals surface area contributed by atoms with Crippen molar-refractivity contribution >= 4 is 17.4 Å². The maximum absolute atomic E-state index is 12.4. The van der Waals surface area contributed by atoms with Crippen molar-refractivity contribution in [1.29, 1.82) is 0 Å². The molecular formula is C30H30N4O2. The van der Waals surface area contributed by atoms with Crippen molar-refractivity contribution in [3.63, 3.8) is 0 Å². The lowest BCUT2D eigenvalue weighted by atomic mass is 9.99. The smallest absolute Gasteiger partial charge is 0.262 e. The largest absolute Gasteiger partial charge is 0.484 e. The number of anilines is 2. The Morgan fingerprint density at radius 1 is 0.833 bits per heavy atom.